The van der Waals surface area contributed by atoms with Crippen LogP contribution in [0, 0.1) is 39.7 Å². The van der Waals surface area contributed by atoms with Gasteiger partial charge in [0.05, 0.1) is 29.8 Å². The summed E-state index contributed by atoms with van der Waals surface area (Å²) in [4.78, 5) is 68.8. The SMILES string of the molecule is C=CCOC1CC(C=C(C)C2OC(=O)C3CCCCN3C(=O)C(=O)C3(O)OC(C(OC)CC(C)CC(C)=CC(CC)C(=O)CCC2C)C(OC)CC3C)CCC1OS(=O)(=O)c1ccccc1[N+](=O)[O-]. The highest BCUT2D eigenvalue weighted by molar-refractivity contribution is 7.87. The number of esters is 1. The number of piperidine rings is 1. The Balaban J connectivity index is 1.48. The van der Waals surface area contributed by atoms with Crippen LogP contribution < -0.4 is 0 Å². The normalized spacial score (nSPS) is 34.2. The molecule has 3 aliphatic heterocycles. The van der Waals surface area contributed by atoms with Crippen molar-refractivity contribution in [1.82, 2.24) is 4.90 Å². The summed E-state index contributed by atoms with van der Waals surface area (Å²) in [6, 6.07) is 3.81. The second kappa shape index (κ2) is 24.8. The van der Waals surface area contributed by atoms with E-state index >= 15 is 0 Å². The van der Waals surface area contributed by atoms with Crippen LogP contribution in [0.15, 0.2) is 65.1 Å². The number of carbonyl (C=O) groups excluding carboxylic acids is 4. The number of ether oxygens (including phenoxy) is 5. The van der Waals surface area contributed by atoms with E-state index in [1.54, 1.807) is 6.92 Å². The van der Waals surface area contributed by atoms with Crippen LogP contribution in [-0.2, 0) is 57.2 Å². The molecule has 1 amide bonds. The lowest BCUT2D eigenvalue weighted by molar-refractivity contribution is -0.387. The van der Waals surface area contributed by atoms with E-state index in [4.69, 9.17) is 27.9 Å². The van der Waals surface area contributed by atoms with Gasteiger partial charge in [0.15, 0.2) is 4.90 Å². The summed E-state index contributed by atoms with van der Waals surface area (Å²) < 4.78 is 63.1. The Kier molecular flexibility index (Phi) is 20.0. The number of cyclic esters (lactones) is 1. The Morgan fingerprint density at radius 2 is 1.68 bits per heavy atom. The molecule has 0 aromatic heterocycles. The van der Waals surface area contributed by atoms with Crippen molar-refractivity contribution >= 4 is 39.2 Å². The number of aliphatic hydroxyl groups is 1. The number of benzene rings is 1. The number of fused-ring (bicyclic) bond motifs is 3. The minimum atomic E-state index is -4.58. The molecule has 1 saturated carbocycles. The van der Waals surface area contributed by atoms with E-state index in [0.29, 0.717) is 50.5 Å². The van der Waals surface area contributed by atoms with Gasteiger partial charge in [-0.2, -0.15) is 8.42 Å². The second-order valence-electron chi connectivity index (χ2n) is 19.7. The van der Waals surface area contributed by atoms with Crippen LogP contribution in [0.1, 0.15) is 119 Å². The number of nitro groups is 1. The van der Waals surface area contributed by atoms with Crippen molar-refractivity contribution in [2.24, 2.45) is 29.6 Å². The number of carbonyl (C=O) groups is 4. The molecule has 1 aliphatic carbocycles. The lowest BCUT2D eigenvalue weighted by Crippen LogP contribution is -2.64. The molecule has 2 bridgehead atoms. The maximum absolute atomic E-state index is 14.5. The Morgan fingerprint density at radius 1 is 0.986 bits per heavy atom. The van der Waals surface area contributed by atoms with Crippen LogP contribution in [0.4, 0.5) is 5.69 Å². The zero-order chi connectivity index (χ0) is 50.8. The minimum Gasteiger partial charge on any atom is -0.456 e. The third kappa shape index (κ3) is 13.6. The highest BCUT2D eigenvalue weighted by Gasteiger charge is 2.56. The Hall–Kier alpha value is -4.17. The predicted molar refractivity (Wildman–Crippen MR) is 255 cm³/mol. The number of nitrogens with zero attached hydrogens (tertiary/aromatic N) is 2. The lowest BCUT2D eigenvalue weighted by atomic mass is 9.82. The summed E-state index contributed by atoms with van der Waals surface area (Å²) in [6.45, 7) is 15.2. The topological polar surface area (TPSA) is 224 Å². The van der Waals surface area contributed by atoms with E-state index in [-0.39, 0.29) is 68.8 Å². The number of hydrogen-bond donors (Lipinski definition) is 1. The molecule has 2 saturated heterocycles. The number of para-hydroxylation sites is 1. The smallest absolute Gasteiger partial charge is 0.329 e. The van der Waals surface area contributed by atoms with E-state index in [0.717, 1.165) is 17.7 Å². The average molecular weight is 987 g/mol. The Morgan fingerprint density at radius 3 is 2.35 bits per heavy atom. The van der Waals surface area contributed by atoms with Crippen molar-refractivity contribution in [1.29, 1.82) is 0 Å². The highest BCUT2D eigenvalue weighted by Crippen LogP contribution is 2.40. The first kappa shape index (κ1) is 55.8. The van der Waals surface area contributed by atoms with Crippen LogP contribution in [0.2, 0.25) is 0 Å². The van der Waals surface area contributed by atoms with Crippen molar-refractivity contribution in [3.63, 3.8) is 0 Å². The third-order valence-corrected chi connectivity index (χ3v) is 15.8. The number of Topliss-reactive ketones (excluding diaryl/α,β-unsaturated/α-hetero) is 2. The van der Waals surface area contributed by atoms with E-state index in [1.165, 1.54) is 37.3 Å². The lowest BCUT2D eigenvalue weighted by Gasteiger charge is -2.47. The van der Waals surface area contributed by atoms with Gasteiger partial charge in [0.25, 0.3) is 17.4 Å². The van der Waals surface area contributed by atoms with Gasteiger partial charge in [-0.1, -0.05) is 63.6 Å². The molecule has 1 aromatic rings. The van der Waals surface area contributed by atoms with Gasteiger partial charge in [-0.3, -0.25) is 28.7 Å². The highest BCUT2D eigenvalue weighted by atomic mass is 32.2. The first-order valence-corrected chi connectivity index (χ1v) is 25.9. The predicted octanol–water partition coefficient (Wildman–Crippen LogP) is 7.38. The summed E-state index contributed by atoms with van der Waals surface area (Å²) >= 11 is 0. The van der Waals surface area contributed by atoms with Gasteiger partial charge in [-0.05, 0) is 114 Å². The molecular formula is C51H74N2O15S. The molecule has 0 spiro atoms. The van der Waals surface area contributed by atoms with Crippen molar-refractivity contribution in [3.8, 4) is 0 Å². The molecule has 4 aliphatic rings. The molecule has 13 unspecified atom stereocenters. The van der Waals surface area contributed by atoms with Crippen molar-refractivity contribution in [3.05, 3.63) is 70.3 Å². The molecule has 0 radical (unpaired) electrons. The van der Waals surface area contributed by atoms with Gasteiger partial charge in [0, 0.05) is 45.1 Å². The number of rotatable bonds is 12. The molecule has 5 rings (SSSR count). The first-order valence-electron chi connectivity index (χ1n) is 24.5. The maximum atomic E-state index is 14.5. The fraction of sp³-hybridized carbons (Fsp3) is 0.686. The van der Waals surface area contributed by atoms with Crippen molar-refractivity contribution in [2.45, 2.75) is 172 Å². The fourth-order valence-electron chi connectivity index (χ4n) is 10.6. The van der Waals surface area contributed by atoms with Crippen LogP contribution in [-0.4, -0.2) is 123 Å². The molecule has 1 N–H and O–H groups in total. The fourth-order valence-corrected chi connectivity index (χ4v) is 11.9. The minimum absolute atomic E-state index is 0.0318. The van der Waals surface area contributed by atoms with Gasteiger partial charge >= 0.3 is 16.1 Å². The van der Waals surface area contributed by atoms with E-state index < -0.39 is 104 Å². The summed E-state index contributed by atoms with van der Waals surface area (Å²) in [6.07, 6.45) is 5.41. The number of amides is 1. The molecule has 3 heterocycles. The van der Waals surface area contributed by atoms with E-state index in [9.17, 15) is 42.8 Å². The average Bonchev–Trinajstić information content (AvgIpc) is 3.32. The molecule has 384 valence electrons. The number of nitro benzene ring substituents is 1. The summed E-state index contributed by atoms with van der Waals surface area (Å²) in [5, 5.41) is 23.8. The molecule has 18 heteroatoms. The number of methoxy groups -OCH3 is 2. The summed E-state index contributed by atoms with van der Waals surface area (Å²) in [5.41, 5.74) is 1.07. The van der Waals surface area contributed by atoms with Crippen LogP contribution >= 0.6 is 0 Å². The summed E-state index contributed by atoms with van der Waals surface area (Å²) in [7, 11) is -1.54. The number of ketones is 2. The molecule has 69 heavy (non-hydrogen) atoms. The first-order chi connectivity index (χ1) is 32.7. The largest absolute Gasteiger partial charge is 0.456 e. The summed E-state index contributed by atoms with van der Waals surface area (Å²) in [5.74, 6) is -7.26. The molecule has 17 nitrogen and oxygen atoms in total. The number of allylic oxidation sites excluding steroid dienone is 3. The monoisotopic (exact) mass is 986 g/mol. The van der Waals surface area contributed by atoms with Gasteiger partial charge in [-0.25, -0.2) is 4.79 Å². The van der Waals surface area contributed by atoms with Crippen molar-refractivity contribution < 1.29 is 65.5 Å². The van der Waals surface area contributed by atoms with Crippen molar-refractivity contribution in [2.75, 3.05) is 27.4 Å². The molecule has 1 aromatic carbocycles. The quantitative estimate of drug-likeness (QED) is 0.0539. The molecular weight excluding hydrogens is 913 g/mol. The van der Waals surface area contributed by atoms with Gasteiger partial charge in [0.1, 0.15) is 30.1 Å². The Bertz CT molecular complexity index is 2180. The van der Waals surface area contributed by atoms with Crippen LogP contribution in [0.3, 0.4) is 0 Å². The van der Waals surface area contributed by atoms with Gasteiger partial charge in [0.2, 0.25) is 5.79 Å². The van der Waals surface area contributed by atoms with Crippen LogP contribution in [0.25, 0.3) is 0 Å². The molecule has 13 atom stereocenters. The molecule has 3 fully saturated rings. The second-order valence-corrected chi connectivity index (χ2v) is 21.2. The Labute approximate surface area is 407 Å². The zero-order valence-electron chi connectivity index (χ0n) is 41.5. The maximum Gasteiger partial charge on any atom is 0.329 e. The van der Waals surface area contributed by atoms with E-state index in [1.807, 2.05) is 39.8 Å². The zero-order valence-corrected chi connectivity index (χ0v) is 42.4. The standard InChI is InChI=1S/C51H74N2O15S/c1-10-24-65-42-30-36(20-22-41(42)68-69(61,62)45-18-13-12-16-38(45)53(59)60)28-34(6)46-33(5)19-21-40(54)37(11-2)26-31(3)25-32(4)27-43(63-8)47-44(64-9)29-35(7)51(58,67-47)48(55)49(56)52-23-15-14-17-39(52)50(57)66-46/h10,12-13,16,18,26,28,32-33,35-37,39,41-44,46-47,58H,1,11,14-15,17,19-25,27,29-30H2,2-9H3. The van der Waals surface area contributed by atoms with Crippen LogP contribution in [0.5, 0.6) is 0 Å². The van der Waals surface area contributed by atoms with Gasteiger partial charge in [-0.15, -0.1) is 6.58 Å². The number of hydrogen-bond acceptors (Lipinski definition) is 15. The van der Waals surface area contributed by atoms with Gasteiger partial charge < -0.3 is 33.7 Å². The third-order valence-electron chi connectivity index (χ3n) is 14.4. The van der Waals surface area contributed by atoms with E-state index in [2.05, 4.69) is 13.5 Å².